The second-order valence-corrected chi connectivity index (χ2v) is 10.7. The minimum Gasteiger partial charge on any atom is -0.308 e. The van der Waals surface area contributed by atoms with E-state index in [1.54, 1.807) is 0 Å². The summed E-state index contributed by atoms with van der Waals surface area (Å²) in [6.07, 6.45) is 0. The number of aryl methyl sites for hydroxylation is 3. The zero-order valence-electron chi connectivity index (χ0n) is 20.1. The molecule has 168 valence electrons. The van der Waals surface area contributed by atoms with Crippen LogP contribution in [0.1, 0.15) is 16.7 Å². The summed E-state index contributed by atoms with van der Waals surface area (Å²) in [6.45, 7) is 6.61. The summed E-state index contributed by atoms with van der Waals surface area (Å²) in [6, 6.07) is 35.9. The third-order valence-corrected chi connectivity index (χ3v) is 8.52. The molecule has 0 radical (unpaired) electrons. The van der Waals surface area contributed by atoms with Gasteiger partial charge in [-0.3, -0.25) is 0 Å². The standard InChI is InChI=1S/C33H25NS/c1-20-14-16-28-26(18-20)27-19-23(32-21(2)8-6-9-22(32)3)15-17-29(27)34(28)30-12-7-11-25-24-10-4-5-13-31(24)35-33(25)30/h4-19H,1-3H3. The highest BCUT2D eigenvalue weighted by molar-refractivity contribution is 7.26. The van der Waals surface area contributed by atoms with Crippen LogP contribution < -0.4 is 0 Å². The third-order valence-electron chi connectivity index (χ3n) is 7.31. The molecule has 0 fully saturated rings. The van der Waals surface area contributed by atoms with E-state index >= 15 is 0 Å². The van der Waals surface area contributed by atoms with Gasteiger partial charge in [-0.15, -0.1) is 11.3 Å². The fraction of sp³-hybridized carbons (Fsp3) is 0.0909. The molecule has 2 heterocycles. The first-order chi connectivity index (χ1) is 17.1. The molecule has 0 aliphatic rings. The number of fused-ring (bicyclic) bond motifs is 6. The molecule has 2 heteroatoms. The van der Waals surface area contributed by atoms with Crippen molar-refractivity contribution in [2.45, 2.75) is 20.8 Å². The lowest BCUT2D eigenvalue weighted by Gasteiger charge is -2.12. The van der Waals surface area contributed by atoms with Gasteiger partial charge in [0.25, 0.3) is 0 Å². The molecule has 5 aromatic carbocycles. The van der Waals surface area contributed by atoms with E-state index in [0.717, 1.165) is 0 Å². The van der Waals surface area contributed by atoms with Crippen molar-refractivity contribution in [3.05, 3.63) is 114 Å². The monoisotopic (exact) mass is 467 g/mol. The second-order valence-electron chi connectivity index (χ2n) is 9.61. The highest BCUT2D eigenvalue weighted by atomic mass is 32.1. The molecule has 35 heavy (non-hydrogen) atoms. The fourth-order valence-corrected chi connectivity index (χ4v) is 6.94. The van der Waals surface area contributed by atoms with E-state index in [9.17, 15) is 0 Å². The van der Waals surface area contributed by atoms with Crippen molar-refractivity contribution in [1.29, 1.82) is 0 Å². The lowest BCUT2D eigenvalue weighted by atomic mass is 9.94. The van der Waals surface area contributed by atoms with Crippen LogP contribution >= 0.6 is 11.3 Å². The van der Waals surface area contributed by atoms with Gasteiger partial charge in [0.05, 0.1) is 21.4 Å². The van der Waals surface area contributed by atoms with Crippen LogP contribution in [0.25, 0.3) is 58.8 Å². The summed E-state index contributed by atoms with van der Waals surface area (Å²) >= 11 is 1.89. The molecule has 7 rings (SSSR count). The SMILES string of the molecule is Cc1ccc2c(c1)c1cc(-c3c(C)cccc3C)ccc1n2-c1cccc2c1sc1ccccc12. The van der Waals surface area contributed by atoms with Crippen LogP contribution in [-0.4, -0.2) is 4.57 Å². The highest BCUT2D eigenvalue weighted by Gasteiger charge is 2.17. The van der Waals surface area contributed by atoms with E-state index in [1.807, 2.05) is 11.3 Å². The Kier molecular flexibility index (Phi) is 4.43. The minimum atomic E-state index is 1.26. The van der Waals surface area contributed by atoms with Crippen LogP contribution in [0, 0.1) is 20.8 Å². The van der Waals surface area contributed by atoms with Gasteiger partial charge in [0.1, 0.15) is 0 Å². The van der Waals surface area contributed by atoms with Gasteiger partial charge in [0, 0.05) is 26.2 Å². The first kappa shape index (κ1) is 20.5. The van der Waals surface area contributed by atoms with Crippen molar-refractivity contribution in [2.75, 3.05) is 0 Å². The zero-order chi connectivity index (χ0) is 23.7. The Hall–Kier alpha value is -3.88. The Bertz CT molecular complexity index is 1910. The Morgan fingerprint density at radius 3 is 2.09 bits per heavy atom. The van der Waals surface area contributed by atoms with Crippen LogP contribution in [0.4, 0.5) is 0 Å². The van der Waals surface area contributed by atoms with Crippen molar-refractivity contribution in [2.24, 2.45) is 0 Å². The predicted octanol–water partition coefficient (Wildman–Crippen LogP) is 9.74. The van der Waals surface area contributed by atoms with Gasteiger partial charge < -0.3 is 4.57 Å². The molecular weight excluding hydrogens is 442 g/mol. The summed E-state index contributed by atoms with van der Waals surface area (Å²) in [4.78, 5) is 0. The minimum absolute atomic E-state index is 1.26. The molecule has 2 aromatic heterocycles. The Morgan fingerprint density at radius 2 is 1.26 bits per heavy atom. The van der Waals surface area contributed by atoms with Crippen LogP contribution in [-0.2, 0) is 0 Å². The topological polar surface area (TPSA) is 4.93 Å². The van der Waals surface area contributed by atoms with E-state index < -0.39 is 0 Å². The summed E-state index contributed by atoms with van der Waals surface area (Å²) in [5.41, 5.74) is 10.3. The smallest absolute Gasteiger partial charge is 0.0640 e. The number of rotatable bonds is 2. The molecule has 0 atom stereocenters. The van der Waals surface area contributed by atoms with Crippen LogP contribution in [0.3, 0.4) is 0 Å². The van der Waals surface area contributed by atoms with Crippen LogP contribution in [0.2, 0.25) is 0 Å². The molecule has 0 saturated heterocycles. The molecule has 0 amide bonds. The van der Waals surface area contributed by atoms with Crippen molar-refractivity contribution in [3.8, 4) is 16.8 Å². The first-order valence-corrected chi connectivity index (χ1v) is 12.9. The number of nitrogens with zero attached hydrogens (tertiary/aromatic N) is 1. The van der Waals surface area contributed by atoms with Crippen molar-refractivity contribution in [3.63, 3.8) is 0 Å². The zero-order valence-corrected chi connectivity index (χ0v) is 20.9. The van der Waals surface area contributed by atoms with Crippen molar-refractivity contribution >= 4 is 53.3 Å². The molecular formula is C33H25NS. The number of thiophene rings is 1. The predicted molar refractivity (Wildman–Crippen MR) is 153 cm³/mol. The fourth-order valence-electron chi connectivity index (χ4n) is 5.73. The normalized spacial score (nSPS) is 11.9. The Morgan fingerprint density at radius 1 is 0.571 bits per heavy atom. The average molecular weight is 468 g/mol. The molecule has 1 nitrogen and oxygen atoms in total. The molecule has 7 aromatic rings. The van der Waals surface area contributed by atoms with Gasteiger partial charge in [-0.25, -0.2) is 0 Å². The summed E-state index contributed by atoms with van der Waals surface area (Å²) in [7, 11) is 0. The van der Waals surface area contributed by atoms with Gasteiger partial charge in [0.2, 0.25) is 0 Å². The summed E-state index contributed by atoms with van der Waals surface area (Å²) < 4.78 is 5.15. The average Bonchev–Trinajstić information content (AvgIpc) is 3.39. The molecule has 0 aliphatic heterocycles. The Balaban J connectivity index is 1.59. The molecule has 0 bridgehead atoms. The number of hydrogen-bond acceptors (Lipinski definition) is 1. The van der Waals surface area contributed by atoms with Gasteiger partial charge in [0.15, 0.2) is 0 Å². The molecule has 0 spiro atoms. The first-order valence-electron chi connectivity index (χ1n) is 12.1. The van der Waals surface area contributed by atoms with E-state index in [0.29, 0.717) is 0 Å². The molecule has 0 saturated carbocycles. The third kappa shape index (κ3) is 3.00. The highest BCUT2D eigenvalue weighted by Crippen LogP contribution is 2.42. The van der Waals surface area contributed by atoms with E-state index in [-0.39, 0.29) is 0 Å². The number of benzene rings is 5. The van der Waals surface area contributed by atoms with Gasteiger partial charge >= 0.3 is 0 Å². The van der Waals surface area contributed by atoms with Crippen molar-refractivity contribution in [1.82, 2.24) is 4.57 Å². The quantitative estimate of drug-likeness (QED) is 0.238. The van der Waals surface area contributed by atoms with E-state index in [2.05, 4.69) is 122 Å². The lowest BCUT2D eigenvalue weighted by Crippen LogP contribution is -1.94. The van der Waals surface area contributed by atoms with Gasteiger partial charge in [-0.2, -0.15) is 0 Å². The largest absolute Gasteiger partial charge is 0.308 e. The molecule has 0 N–H and O–H groups in total. The van der Waals surface area contributed by atoms with E-state index in [4.69, 9.17) is 0 Å². The van der Waals surface area contributed by atoms with E-state index in [1.165, 1.54) is 75.5 Å². The number of hydrogen-bond donors (Lipinski definition) is 0. The van der Waals surface area contributed by atoms with Crippen LogP contribution in [0.5, 0.6) is 0 Å². The van der Waals surface area contributed by atoms with Gasteiger partial charge in [-0.1, -0.05) is 66.2 Å². The molecule has 0 unspecified atom stereocenters. The van der Waals surface area contributed by atoms with Crippen molar-refractivity contribution < 1.29 is 0 Å². The maximum Gasteiger partial charge on any atom is 0.0640 e. The summed E-state index contributed by atoms with van der Waals surface area (Å²) in [5.74, 6) is 0. The Labute approximate surface area is 208 Å². The van der Waals surface area contributed by atoms with Gasteiger partial charge in [-0.05, 0) is 79.4 Å². The molecule has 0 aliphatic carbocycles. The maximum absolute atomic E-state index is 2.47. The summed E-state index contributed by atoms with van der Waals surface area (Å²) in [5, 5.41) is 5.29. The number of aromatic nitrogens is 1. The maximum atomic E-state index is 2.47. The lowest BCUT2D eigenvalue weighted by molar-refractivity contribution is 1.20. The second kappa shape index (κ2) is 7.56. The van der Waals surface area contributed by atoms with Crippen LogP contribution in [0.15, 0.2) is 97.1 Å².